The summed E-state index contributed by atoms with van der Waals surface area (Å²) >= 11 is 1.06. The number of nitrogens with two attached hydrogens (primary N) is 1. The van der Waals surface area contributed by atoms with Crippen molar-refractivity contribution in [3.8, 4) is 0 Å². The Morgan fingerprint density at radius 1 is 1.25 bits per heavy atom. The number of esters is 1. The quantitative estimate of drug-likeness (QED) is 0.641. The Morgan fingerprint density at radius 3 is 2.54 bits per heavy atom. The number of nitrogens with one attached hydrogen (secondary N) is 1. The number of ether oxygens (including phenoxy) is 1. The summed E-state index contributed by atoms with van der Waals surface area (Å²) in [5.74, 6) is -3.55. The number of anilines is 2. The number of para-hydroxylation sites is 1. The van der Waals surface area contributed by atoms with Gasteiger partial charge in [-0.2, -0.15) is 0 Å². The summed E-state index contributed by atoms with van der Waals surface area (Å²) in [6.45, 7) is 4.98. The van der Waals surface area contributed by atoms with E-state index in [1.165, 1.54) is 13.0 Å². The van der Waals surface area contributed by atoms with Crippen molar-refractivity contribution < 1.29 is 23.1 Å². The molecule has 0 aliphatic carbocycles. The molecule has 0 aliphatic heterocycles. The van der Waals surface area contributed by atoms with E-state index < -0.39 is 35.3 Å². The number of hydrogen-bond acceptors (Lipinski definition) is 6. The van der Waals surface area contributed by atoms with Gasteiger partial charge in [-0.05, 0) is 44.5 Å². The standard InChI is InChI=1S/C19H17F2N3O3S/c1-8-7-9(2)23-18-13(8)14(22)16(28-18)19(26)27-10(3)17(25)24-15-11(20)5-4-6-12(15)21/h4-7,10H,22H2,1-3H3,(H,24,25). The van der Waals surface area contributed by atoms with E-state index in [4.69, 9.17) is 10.5 Å². The number of carbonyl (C=O) groups is 2. The third-order valence-electron chi connectivity index (χ3n) is 4.07. The summed E-state index contributed by atoms with van der Waals surface area (Å²) in [4.78, 5) is 29.7. The van der Waals surface area contributed by atoms with E-state index in [-0.39, 0.29) is 10.6 Å². The van der Waals surface area contributed by atoms with Gasteiger partial charge in [0.25, 0.3) is 5.91 Å². The number of nitrogen functional groups attached to an aromatic ring is 1. The molecule has 0 saturated heterocycles. The molecule has 0 fully saturated rings. The normalized spacial score (nSPS) is 12.0. The van der Waals surface area contributed by atoms with Crippen LogP contribution >= 0.6 is 11.3 Å². The fraction of sp³-hybridized carbons (Fsp3) is 0.211. The van der Waals surface area contributed by atoms with Crippen LogP contribution in [0.1, 0.15) is 27.9 Å². The summed E-state index contributed by atoms with van der Waals surface area (Å²) in [6.07, 6.45) is -1.30. The molecule has 1 amide bonds. The largest absolute Gasteiger partial charge is 0.448 e. The average Bonchev–Trinajstić information content (AvgIpc) is 2.94. The zero-order valence-electron chi connectivity index (χ0n) is 15.3. The van der Waals surface area contributed by atoms with E-state index in [2.05, 4.69) is 10.3 Å². The molecular formula is C19H17F2N3O3S. The maximum Gasteiger partial charge on any atom is 0.351 e. The van der Waals surface area contributed by atoms with Crippen LogP contribution in [0, 0.1) is 25.5 Å². The van der Waals surface area contributed by atoms with Crippen LogP contribution in [0.3, 0.4) is 0 Å². The molecule has 146 valence electrons. The first kappa shape index (κ1) is 19.7. The van der Waals surface area contributed by atoms with E-state index in [1.54, 1.807) is 0 Å². The van der Waals surface area contributed by atoms with Crippen molar-refractivity contribution in [1.29, 1.82) is 0 Å². The van der Waals surface area contributed by atoms with Crippen molar-refractivity contribution in [2.75, 3.05) is 11.1 Å². The van der Waals surface area contributed by atoms with Crippen LogP contribution in [0.5, 0.6) is 0 Å². The summed E-state index contributed by atoms with van der Waals surface area (Å²) in [7, 11) is 0. The lowest BCUT2D eigenvalue weighted by molar-refractivity contribution is -0.123. The van der Waals surface area contributed by atoms with Gasteiger partial charge in [-0.25, -0.2) is 18.6 Å². The molecule has 1 aromatic carbocycles. The highest BCUT2D eigenvalue weighted by Gasteiger charge is 2.25. The number of benzene rings is 1. The SMILES string of the molecule is Cc1cc(C)c2c(N)c(C(=O)OC(C)C(=O)Nc3c(F)cccc3F)sc2n1. The number of hydrogen-bond donors (Lipinski definition) is 2. The number of pyridine rings is 1. The maximum atomic E-state index is 13.7. The van der Waals surface area contributed by atoms with Crippen molar-refractivity contribution in [2.45, 2.75) is 26.9 Å². The van der Waals surface area contributed by atoms with Crippen LogP contribution in [0.25, 0.3) is 10.2 Å². The molecule has 1 atom stereocenters. The summed E-state index contributed by atoms with van der Waals surface area (Å²) in [6, 6.07) is 5.03. The van der Waals surface area contributed by atoms with E-state index in [9.17, 15) is 18.4 Å². The van der Waals surface area contributed by atoms with Crippen LogP contribution < -0.4 is 11.1 Å². The number of thiophene rings is 1. The fourth-order valence-corrected chi connectivity index (χ4v) is 3.83. The Hall–Kier alpha value is -3.07. The molecular weight excluding hydrogens is 388 g/mol. The van der Waals surface area contributed by atoms with Crippen LogP contribution in [-0.4, -0.2) is 23.0 Å². The third kappa shape index (κ3) is 3.65. The molecule has 3 aromatic rings. The molecule has 0 radical (unpaired) electrons. The van der Waals surface area contributed by atoms with Crippen molar-refractivity contribution in [2.24, 2.45) is 0 Å². The second-order valence-corrected chi connectivity index (χ2v) is 7.24. The van der Waals surface area contributed by atoms with E-state index in [0.29, 0.717) is 10.2 Å². The van der Waals surface area contributed by atoms with Gasteiger partial charge in [-0.1, -0.05) is 6.07 Å². The van der Waals surface area contributed by atoms with E-state index >= 15 is 0 Å². The number of aryl methyl sites for hydroxylation is 2. The molecule has 0 bridgehead atoms. The first-order valence-corrected chi connectivity index (χ1v) is 9.12. The number of amides is 1. The maximum absolute atomic E-state index is 13.7. The predicted octanol–water partition coefficient (Wildman–Crippen LogP) is 3.96. The topological polar surface area (TPSA) is 94.3 Å². The highest BCUT2D eigenvalue weighted by molar-refractivity contribution is 7.21. The van der Waals surface area contributed by atoms with Gasteiger partial charge in [0.05, 0.1) is 5.69 Å². The number of fused-ring (bicyclic) bond motifs is 1. The molecule has 0 spiro atoms. The minimum Gasteiger partial charge on any atom is -0.448 e. The van der Waals surface area contributed by atoms with Gasteiger partial charge in [-0.3, -0.25) is 4.79 Å². The van der Waals surface area contributed by atoms with Crippen molar-refractivity contribution in [3.05, 3.63) is 52.0 Å². The van der Waals surface area contributed by atoms with Gasteiger partial charge >= 0.3 is 5.97 Å². The van der Waals surface area contributed by atoms with Gasteiger partial charge in [-0.15, -0.1) is 11.3 Å². The Kier molecular flexibility index (Phi) is 5.28. The monoisotopic (exact) mass is 405 g/mol. The molecule has 0 saturated carbocycles. The lowest BCUT2D eigenvalue weighted by Crippen LogP contribution is -2.30. The molecule has 3 N–H and O–H groups in total. The molecule has 2 heterocycles. The number of aromatic nitrogens is 1. The molecule has 0 aliphatic rings. The molecule has 9 heteroatoms. The lowest BCUT2D eigenvalue weighted by Gasteiger charge is -2.14. The zero-order valence-corrected chi connectivity index (χ0v) is 16.1. The van der Waals surface area contributed by atoms with Crippen LogP contribution in [0.15, 0.2) is 24.3 Å². The van der Waals surface area contributed by atoms with Crippen molar-refractivity contribution >= 4 is 44.8 Å². The van der Waals surface area contributed by atoms with E-state index in [0.717, 1.165) is 34.7 Å². The van der Waals surface area contributed by atoms with Gasteiger partial charge in [0.2, 0.25) is 0 Å². The minimum absolute atomic E-state index is 0.118. The second-order valence-electron chi connectivity index (χ2n) is 6.24. The number of nitrogens with zero attached hydrogens (tertiary/aromatic N) is 1. The van der Waals surface area contributed by atoms with Crippen molar-refractivity contribution in [1.82, 2.24) is 4.98 Å². The number of halogens is 2. The van der Waals surface area contributed by atoms with Crippen LogP contribution in [0.4, 0.5) is 20.2 Å². The molecule has 1 unspecified atom stereocenters. The summed E-state index contributed by atoms with van der Waals surface area (Å²) < 4.78 is 32.5. The Bertz CT molecular complexity index is 1080. The smallest absolute Gasteiger partial charge is 0.351 e. The van der Waals surface area contributed by atoms with Gasteiger partial charge < -0.3 is 15.8 Å². The van der Waals surface area contributed by atoms with Gasteiger partial charge in [0, 0.05) is 11.1 Å². The number of carbonyl (C=O) groups excluding carboxylic acids is 2. The van der Waals surface area contributed by atoms with E-state index in [1.807, 2.05) is 19.9 Å². The second kappa shape index (κ2) is 7.51. The first-order valence-electron chi connectivity index (χ1n) is 8.31. The first-order chi connectivity index (χ1) is 13.2. The van der Waals surface area contributed by atoms with Gasteiger partial charge in [0.15, 0.2) is 6.10 Å². The third-order valence-corrected chi connectivity index (χ3v) is 5.15. The van der Waals surface area contributed by atoms with Crippen LogP contribution in [0.2, 0.25) is 0 Å². The lowest BCUT2D eigenvalue weighted by atomic mass is 10.1. The number of rotatable bonds is 4. The van der Waals surface area contributed by atoms with Crippen molar-refractivity contribution in [3.63, 3.8) is 0 Å². The molecule has 6 nitrogen and oxygen atoms in total. The molecule has 28 heavy (non-hydrogen) atoms. The Balaban J connectivity index is 1.79. The molecule has 2 aromatic heterocycles. The average molecular weight is 405 g/mol. The summed E-state index contributed by atoms with van der Waals surface area (Å²) in [5.41, 5.74) is 7.35. The highest BCUT2D eigenvalue weighted by atomic mass is 32.1. The predicted molar refractivity (Wildman–Crippen MR) is 103 cm³/mol. The summed E-state index contributed by atoms with van der Waals surface area (Å²) in [5, 5.41) is 2.75. The molecule has 3 rings (SSSR count). The van der Waals surface area contributed by atoms with Crippen LogP contribution in [-0.2, 0) is 9.53 Å². The zero-order chi connectivity index (χ0) is 20.6. The highest BCUT2D eigenvalue weighted by Crippen LogP contribution is 2.35. The fourth-order valence-electron chi connectivity index (χ4n) is 2.73. The van der Waals surface area contributed by atoms with Gasteiger partial charge in [0.1, 0.15) is 27.0 Å². The Labute approximate surface area is 163 Å². The Morgan fingerprint density at radius 2 is 1.89 bits per heavy atom. The minimum atomic E-state index is -1.30.